The Hall–Kier alpha value is -4.50. The molecule has 0 saturated heterocycles. The van der Waals surface area contributed by atoms with Crippen LogP contribution in [0.3, 0.4) is 0 Å². The second-order valence-electron chi connectivity index (χ2n) is 12.2. The lowest BCUT2D eigenvalue weighted by Gasteiger charge is -2.31. The van der Waals surface area contributed by atoms with Gasteiger partial charge < -0.3 is 25.4 Å². The largest absolute Gasteiger partial charge is 0.489 e. The van der Waals surface area contributed by atoms with E-state index in [0.29, 0.717) is 0 Å². The minimum Gasteiger partial charge on any atom is -0.489 e. The molecule has 3 aromatic rings. The van der Waals surface area contributed by atoms with Gasteiger partial charge in [-0.25, -0.2) is 13.2 Å². The summed E-state index contributed by atoms with van der Waals surface area (Å²) in [4.78, 5) is 38.5. The molecule has 0 radical (unpaired) electrons. The van der Waals surface area contributed by atoms with Crippen LogP contribution >= 0.6 is 11.6 Å². The van der Waals surface area contributed by atoms with Gasteiger partial charge in [0, 0.05) is 23.7 Å². The van der Waals surface area contributed by atoms with Crippen molar-refractivity contribution in [1.82, 2.24) is 16.0 Å². The molecule has 264 valence electrons. The Morgan fingerprint density at radius 1 is 1.00 bits per heavy atom. The molecule has 16 heteroatoms. The van der Waals surface area contributed by atoms with Gasteiger partial charge in [-0.15, -0.1) is 0 Å². The van der Waals surface area contributed by atoms with Crippen LogP contribution in [0.25, 0.3) is 0 Å². The van der Waals surface area contributed by atoms with Crippen molar-refractivity contribution in [1.29, 1.82) is 0 Å². The number of aryl methyl sites for hydroxylation is 1. The monoisotopic (exact) mass is 724 g/mol. The molecule has 0 aliphatic carbocycles. The number of fused-ring (bicyclic) bond motifs is 1. The predicted octanol–water partition coefficient (Wildman–Crippen LogP) is 5.76. The van der Waals surface area contributed by atoms with Crippen LogP contribution in [0, 0.1) is 6.92 Å². The number of carbonyl (C=O) groups excluding carboxylic acids is 3. The number of hydrogen-bond donors (Lipinski definition) is 3. The van der Waals surface area contributed by atoms with E-state index in [1.54, 1.807) is 39.8 Å². The Bertz CT molecular complexity index is 1830. The molecule has 1 aliphatic heterocycles. The molecule has 49 heavy (non-hydrogen) atoms. The maximum absolute atomic E-state index is 13.6. The van der Waals surface area contributed by atoms with Gasteiger partial charge in [0.15, 0.2) is 0 Å². The smallest absolute Gasteiger partial charge is 0.416 e. The van der Waals surface area contributed by atoms with Gasteiger partial charge in [-0.1, -0.05) is 23.7 Å². The maximum atomic E-state index is 13.6. The van der Waals surface area contributed by atoms with Crippen molar-refractivity contribution in [2.75, 3.05) is 30.5 Å². The Morgan fingerprint density at radius 2 is 1.71 bits per heavy atom. The lowest BCUT2D eigenvalue weighted by Crippen LogP contribution is -2.39. The van der Waals surface area contributed by atoms with Gasteiger partial charge >= 0.3 is 12.3 Å². The highest BCUT2D eigenvalue weighted by atomic mass is 35.5. The minimum absolute atomic E-state index is 0.0127. The number of amides is 3. The van der Waals surface area contributed by atoms with E-state index in [0.717, 1.165) is 28.1 Å². The van der Waals surface area contributed by atoms with E-state index in [1.165, 1.54) is 30.3 Å². The number of nitrogens with one attached hydrogen (secondary N) is 3. The molecule has 0 bridgehead atoms. The Labute approximate surface area is 287 Å². The summed E-state index contributed by atoms with van der Waals surface area (Å²) in [6, 6.07) is 11.6. The molecule has 0 fully saturated rings. The third-order valence-electron chi connectivity index (χ3n) is 7.13. The molecule has 1 atom stereocenters. The Kier molecular flexibility index (Phi) is 11.4. The van der Waals surface area contributed by atoms with Crippen molar-refractivity contribution in [3.8, 4) is 5.75 Å². The molecule has 0 unspecified atom stereocenters. The zero-order valence-electron chi connectivity index (χ0n) is 27.1. The molecule has 0 aromatic heterocycles. The van der Waals surface area contributed by atoms with Crippen LogP contribution < -0.4 is 25.0 Å². The van der Waals surface area contributed by atoms with E-state index < -0.39 is 57.7 Å². The van der Waals surface area contributed by atoms with Gasteiger partial charge in [-0.05, 0) is 87.4 Å². The fraction of sp³-hybridized carbons (Fsp3) is 0.364. The molecule has 0 spiro atoms. The molecular formula is C33H36ClF3N4O7S. The van der Waals surface area contributed by atoms with E-state index in [2.05, 4.69) is 16.0 Å². The van der Waals surface area contributed by atoms with E-state index in [-0.39, 0.29) is 58.7 Å². The molecule has 0 saturated carbocycles. The molecule has 3 aromatic carbocycles. The first-order valence-electron chi connectivity index (χ1n) is 15.1. The summed E-state index contributed by atoms with van der Waals surface area (Å²) >= 11 is 6.30. The van der Waals surface area contributed by atoms with Gasteiger partial charge in [-0.2, -0.15) is 13.2 Å². The minimum atomic E-state index is -4.74. The molecular weight excluding hydrogens is 689 g/mol. The number of halogens is 4. The van der Waals surface area contributed by atoms with E-state index in [9.17, 15) is 36.0 Å². The average Bonchev–Trinajstić information content (AvgIpc) is 3.01. The first kappa shape index (κ1) is 37.3. The number of rotatable bonds is 10. The second kappa shape index (κ2) is 14.9. The second-order valence-corrected chi connectivity index (χ2v) is 14.4. The normalized spacial score (nSPS) is 13.8. The third kappa shape index (κ3) is 9.79. The summed E-state index contributed by atoms with van der Waals surface area (Å²) in [5.41, 5.74) is -1.19. The van der Waals surface area contributed by atoms with Crippen molar-refractivity contribution in [2.24, 2.45) is 0 Å². The first-order valence-corrected chi connectivity index (χ1v) is 16.9. The van der Waals surface area contributed by atoms with Crippen molar-refractivity contribution < 1.29 is 45.4 Å². The van der Waals surface area contributed by atoms with Crippen LogP contribution in [0.5, 0.6) is 5.75 Å². The lowest BCUT2D eigenvalue weighted by molar-refractivity contribution is -0.137. The van der Waals surface area contributed by atoms with Gasteiger partial charge in [0.05, 0.1) is 35.2 Å². The average molecular weight is 725 g/mol. The van der Waals surface area contributed by atoms with E-state index in [1.807, 2.05) is 0 Å². The fourth-order valence-corrected chi connectivity index (χ4v) is 6.70. The number of carbonyl (C=O) groups is 3. The summed E-state index contributed by atoms with van der Waals surface area (Å²) in [5, 5.41) is 7.47. The SMILES string of the molecule is Cc1cccc(S(=O)(=O)N2CCOc3ccc(C(=O)N[C@@H](CC(=O)NCCNC(=O)OC(C)(C)C)c4cc(C(F)(F)F)ccc4Cl)cc32)c1. The predicted molar refractivity (Wildman–Crippen MR) is 176 cm³/mol. The number of alkyl halides is 3. The highest BCUT2D eigenvalue weighted by Gasteiger charge is 2.34. The fourth-order valence-electron chi connectivity index (χ4n) is 4.89. The maximum Gasteiger partial charge on any atom is 0.416 e. The summed E-state index contributed by atoms with van der Waals surface area (Å²) < 4.78 is 80.1. The van der Waals surface area contributed by atoms with Gasteiger partial charge in [0.25, 0.3) is 15.9 Å². The number of alkyl carbamates (subject to hydrolysis) is 1. The molecule has 4 rings (SSSR count). The number of nitrogens with zero attached hydrogens (tertiary/aromatic N) is 1. The van der Waals surface area contributed by atoms with Gasteiger partial charge in [-0.3, -0.25) is 13.9 Å². The number of hydrogen-bond acceptors (Lipinski definition) is 7. The number of anilines is 1. The van der Waals surface area contributed by atoms with Crippen molar-refractivity contribution in [3.63, 3.8) is 0 Å². The third-order valence-corrected chi connectivity index (χ3v) is 9.28. The summed E-state index contributed by atoms with van der Waals surface area (Å²) in [5.74, 6) is -1.28. The molecule has 11 nitrogen and oxygen atoms in total. The van der Waals surface area contributed by atoms with Crippen LogP contribution in [0.4, 0.5) is 23.7 Å². The van der Waals surface area contributed by atoms with Crippen LogP contribution in [-0.4, -0.2) is 58.2 Å². The summed E-state index contributed by atoms with van der Waals surface area (Å²) in [6.07, 6.45) is -5.97. The van der Waals surface area contributed by atoms with E-state index in [4.69, 9.17) is 21.1 Å². The molecule has 1 aliphatic rings. The van der Waals surface area contributed by atoms with E-state index >= 15 is 0 Å². The van der Waals surface area contributed by atoms with Crippen molar-refractivity contribution in [3.05, 3.63) is 87.9 Å². The first-order chi connectivity index (χ1) is 22.8. The van der Waals surface area contributed by atoms with Crippen LogP contribution in [0.1, 0.15) is 60.3 Å². The molecule has 1 heterocycles. The summed E-state index contributed by atoms with van der Waals surface area (Å²) in [7, 11) is -4.06. The zero-order valence-corrected chi connectivity index (χ0v) is 28.7. The molecule has 3 amide bonds. The summed E-state index contributed by atoms with van der Waals surface area (Å²) in [6.45, 7) is 6.76. The van der Waals surface area contributed by atoms with Crippen LogP contribution in [-0.2, 0) is 25.7 Å². The lowest BCUT2D eigenvalue weighted by atomic mass is 9.99. The zero-order chi connectivity index (χ0) is 36.1. The van der Waals surface area contributed by atoms with Gasteiger partial charge in [0.1, 0.15) is 18.0 Å². The van der Waals surface area contributed by atoms with Crippen molar-refractivity contribution in [2.45, 2.75) is 56.8 Å². The molecule has 3 N–H and O–H groups in total. The van der Waals surface area contributed by atoms with Crippen LogP contribution in [0.2, 0.25) is 5.02 Å². The van der Waals surface area contributed by atoms with Crippen molar-refractivity contribution >= 4 is 45.2 Å². The highest BCUT2D eigenvalue weighted by molar-refractivity contribution is 7.92. The highest BCUT2D eigenvalue weighted by Crippen LogP contribution is 2.37. The Morgan fingerprint density at radius 3 is 2.39 bits per heavy atom. The van der Waals surface area contributed by atoms with Crippen LogP contribution in [0.15, 0.2) is 65.6 Å². The quantitative estimate of drug-likeness (QED) is 0.226. The number of benzene rings is 3. The topological polar surface area (TPSA) is 143 Å². The number of ether oxygens (including phenoxy) is 2. The Balaban J connectivity index is 1.58. The standard InChI is InChI=1S/C33H36ClF3N4O7S/c1-20-6-5-7-23(16-20)49(45,46)41-14-15-47-28-11-8-21(17-27(28)41)30(43)40-26(24-18-22(33(35,36)37)9-10-25(24)34)19-29(42)38-12-13-39-31(44)48-32(2,3)4/h5-11,16-18,26H,12-15,19H2,1-4H3,(H,38,42)(H,39,44)(H,40,43)/t26-/m0/s1. The van der Waals surface area contributed by atoms with Gasteiger partial charge in [0.2, 0.25) is 5.91 Å². The number of sulfonamides is 1.